The molecule has 0 saturated carbocycles. The van der Waals surface area contributed by atoms with E-state index in [1.807, 2.05) is 20.8 Å². The van der Waals surface area contributed by atoms with Crippen LogP contribution in [0, 0.1) is 0 Å². The van der Waals surface area contributed by atoms with E-state index in [1.54, 1.807) is 6.07 Å². The van der Waals surface area contributed by atoms with E-state index in [9.17, 15) is 18.0 Å². The van der Waals surface area contributed by atoms with Crippen molar-refractivity contribution < 1.29 is 22.7 Å². The lowest BCUT2D eigenvalue weighted by Crippen LogP contribution is -2.50. The molecule has 7 heteroatoms. The summed E-state index contributed by atoms with van der Waals surface area (Å²) in [6.45, 7) is 7.47. The van der Waals surface area contributed by atoms with Crippen molar-refractivity contribution in [3.05, 3.63) is 34.4 Å². The summed E-state index contributed by atoms with van der Waals surface area (Å²) in [7, 11) is 0. The Morgan fingerprint density at radius 3 is 2.62 bits per heavy atom. The maximum absolute atomic E-state index is 13.5. The number of hydrogen-bond donors (Lipinski definition) is 1. The fourth-order valence-corrected chi connectivity index (χ4v) is 3.44. The molecule has 1 fully saturated rings. The third-order valence-corrected chi connectivity index (χ3v) is 4.96. The molecule has 2 aliphatic heterocycles. The van der Waals surface area contributed by atoms with Crippen molar-refractivity contribution in [3.63, 3.8) is 0 Å². The molecular formula is C17H21F3N2O2. The first-order chi connectivity index (χ1) is 11.1. The molecule has 1 atom stereocenters. The summed E-state index contributed by atoms with van der Waals surface area (Å²) in [5.74, 6) is -0.441. The first kappa shape index (κ1) is 17.2. The molecule has 132 valence electrons. The van der Waals surface area contributed by atoms with Crippen molar-refractivity contribution in [2.75, 3.05) is 19.7 Å². The molecule has 4 nitrogen and oxygen atoms in total. The molecule has 2 heterocycles. The lowest BCUT2D eigenvalue weighted by atomic mass is 9.86. The summed E-state index contributed by atoms with van der Waals surface area (Å²) in [5.41, 5.74) is -0.672. The zero-order chi connectivity index (χ0) is 17.7. The van der Waals surface area contributed by atoms with Gasteiger partial charge in [0.05, 0.1) is 18.3 Å². The van der Waals surface area contributed by atoms with Crippen LogP contribution in [-0.2, 0) is 23.0 Å². The molecule has 0 bridgehead atoms. The Hall–Kier alpha value is -1.60. The fourth-order valence-electron chi connectivity index (χ4n) is 3.44. The van der Waals surface area contributed by atoms with Gasteiger partial charge in [-0.15, -0.1) is 0 Å². The maximum Gasteiger partial charge on any atom is 0.416 e. The average molecular weight is 342 g/mol. The van der Waals surface area contributed by atoms with Gasteiger partial charge in [0.1, 0.15) is 0 Å². The van der Waals surface area contributed by atoms with E-state index in [4.69, 9.17) is 4.74 Å². The Morgan fingerprint density at radius 1 is 1.29 bits per heavy atom. The molecule has 0 aliphatic carbocycles. The predicted molar refractivity (Wildman–Crippen MR) is 82.6 cm³/mol. The van der Waals surface area contributed by atoms with E-state index in [2.05, 4.69) is 10.2 Å². The molecule has 3 rings (SSSR count). The van der Waals surface area contributed by atoms with Crippen molar-refractivity contribution in [2.24, 2.45) is 0 Å². The molecule has 0 spiro atoms. The van der Waals surface area contributed by atoms with Gasteiger partial charge in [0, 0.05) is 30.7 Å². The van der Waals surface area contributed by atoms with Crippen LogP contribution in [0.3, 0.4) is 0 Å². The summed E-state index contributed by atoms with van der Waals surface area (Å²) in [6.07, 6.45) is -4.46. The Bertz CT molecular complexity index is 671. The average Bonchev–Trinajstić information content (AvgIpc) is 2.87. The summed E-state index contributed by atoms with van der Waals surface area (Å²) in [5, 5.41) is 2.49. The van der Waals surface area contributed by atoms with Gasteiger partial charge in [-0.2, -0.15) is 13.2 Å². The minimum absolute atomic E-state index is 0.0258. The highest BCUT2D eigenvalue weighted by Crippen LogP contribution is 2.39. The van der Waals surface area contributed by atoms with Crippen LogP contribution >= 0.6 is 0 Å². The van der Waals surface area contributed by atoms with Gasteiger partial charge in [0.25, 0.3) is 5.91 Å². The minimum atomic E-state index is -4.49. The Kier molecular flexibility index (Phi) is 4.12. The maximum atomic E-state index is 13.5. The van der Waals surface area contributed by atoms with E-state index in [0.717, 1.165) is 0 Å². The number of nitrogens with one attached hydrogen (secondary N) is 1. The largest absolute Gasteiger partial charge is 0.416 e. The van der Waals surface area contributed by atoms with Crippen molar-refractivity contribution in [1.29, 1.82) is 0 Å². The lowest BCUT2D eigenvalue weighted by molar-refractivity contribution is -0.138. The standard InChI is InChI=1S/C17H21F3N2O2/c1-10-9-22(4-5-24-10)16(2,3)11-6-12-13(8-21-15(12)23)14(7-11)17(18,19)20/h6-7,10H,4-5,8-9H2,1-3H3,(H,21,23)/t10-/m0/s1. The van der Waals surface area contributed by atoms with Gasteiger partial charge in [-0.1, -0.05) is 0 Å². The molecule has 0 aromatic heterocycles. The van der Waals surface area contributed by atoms with E-state index >= 15 is 0 Å². The van der Waals surface area contributed by atoms with Gasteiger partial charge in [0.15, 0.2) is 0 Å². The number of amides is 1. The predicted octanol–water partition coefficient (Wildman–Crippen LogP) is 2.90. The SMILES string of the molecule is C[C@H]1CN(C(C)(C)c2cc3c(c(C(F)(F)F)c2)CNC3=O)CCO1. The van der Waals surface area contributed by atoms with Crippen LogP contribution in [0.1, 0.15) is 47.8 Å². The smallest absolute Gasteiger partial charge is 0.376 e. The fraction of sp³-hybridized carbons (Fsp3) is 0.588. The van der Waals surface area contributed by atoms with E-state index in [0.29, 0.717) is 25.3 Å². The molecule has 1 amide bonds. The molecule has 24 heavy (non-hydrogen) atoms. The highest BCUT2D eigenvalue weighted by atomic mass is 19.4. The first-order valence-corrected chi connectivity index (χ1v) is 8.00. The summed E-state index contributed by atoms with van der Waals surface area (Å²) < 4.78 is 45.9. The van der Waals surface area contributed by atoms with Crippen LogP contribution < -0.4 is 5.32 Å². The van der Waals surface area contributed by atoms with Gasteiger partial charge in [-0.3, -0.25) is 9.69 Å². The lowest BCUT2D eigenvalue weighted by Gasteiger charge is -2.43. The van der Waals surface area contributed by atoms with Crippen LogP contribution in [0.15, 0.2) is 12.1 Å². The number of benzene rings is 1. The number of alkyl halides is 3. The van der Waals surface area contributed by atoms with Crippen LogP contribution in [-0.4, -0.2) is 36.6 Å². The number of ether oxygens (including phenoxy) is 1. The molecular weight excluding hydrogens is 321 g/mol. The van der Waals surface area contributed by atoms with Gasteiger partial charge in [-0.25, -0.2) is 0 Å². The van der Waals surface area contributed by atoms with Crippen molar-refractivity contribution >= 4 is 5.91 Å². The number of carbonyl (C=O) groups is 1. The second kappa shape index (κ2) is 5.74. The van der Waals surface area contributed by atoms with Crippen molar-refractivity contribution in [1.82, 2.24) is 10.2 Å². The Labute approximate surface area is 139 Å². The zero-order valence-corrected chi connectivity index (χ0v) is 14.0. The number of hydrogen-bond acceptors (Lipinski definition) is 3. The Morgan fingerprint density at radius 2 is 2.00 bits per heavy atom. The van der Waals surface area contributed by atoms with Crippen LogP contribution in [0.4, 0.5) is 13.2 Å². The highest BCUT2D eigenvalue weighted by Gasteiger charge is 2.40. The van der Waals surface area contributed by atoms with E-state index < -0.39 is 23.2 Å². The number of carbonyl (C=O) groups excluding carboxylic acids is 1. The molecule has 1 saturated heterocycles. The second-order valence-electron chi connectivity index (χ2n) is 6.92. The number of morpholine rings is 1. The van der Waals surface area contributed by atoms with Crippen molar-refractivity contribution in [3.8, 4) is 0 Å². The molecule has 0 unspecified atom stereocenters. The quantitative estimate of drug-likeness (QED) is 0.899. The Balaban J connectivity index is 2.07. The minimum Gasteiger partial charge on any atom is -0.376 e. The highest BCUT2D eigenvalue weighted by molar-refractivity contribution is 5.99. The summed E-state index contributed by atoms with van der Waals surface area (Å²) in [6, 6.07) is 2.80. The summed E-state index contributed by atoms with van der Waals surface area (Å²) >= 11 is 0. The first-order valence-electron chi connectivity index (χ1n) is 8.00. The monoisotopic (exact) mass is 342 g/mol. The van der Waals surface area contributed by atoms with Gasteiger partial charge in [-0.05, 0) is 44.0 Å². The number of halogens is 3. The molecule has 1 N–H and O–H groups in total. The van der Waals surface area contributed by atoms with E-state index in [-0.39, 0.29) is 23.8 Å². The number of rotatable bonds is 2. The third kappa shape index (κ3) is 2.91. The zero-order valence-electron chi connectivity index (χ0n) is 14.0. The van der Waals surface area contributed by atoms with Crippen LogP contribution in [0.25, 0.3) is 0 Å². The summed E-state index contributed by atoms with van der Waals surface area (Å²) in [4.78, 5) is 14.0. The third-order valence-electron chi connectivity index (χ3n) is 4.96. The molecule has 0 radical (unpaired) electrons. The van der Waals surface area contributed by atoms with Gasteiger partial charge >= 0.3 is 6.18 Å². The van der Waals surface area contributed by atoms with Gasteiger partial charge < -0.3 is 10.1 Å². The number of fused-ring (bicyclic) bond motifs is 1. The van der Waals surface area contributed by atoms with E-state index in [1.165, 1.54) is 6.07 Å². The molecule has 2 aliphatic rings. The van der Waals surface area contributed by atoms with Gasteiger partial charge in [0.2, 0.25) is 0 Å². The normalized spacial score (nSPS) is 22.4. The second-order valence-corrected chi connectivity index (χ2v) is 6.92. The van der Waals surface area contributed by atoms with Crippen LogP contribution in [0.2, 0.25) is 0 Å². The van der Waals surface area contributed by atoms with Crippen molar-refractivity contribution in [2.45, 2.75) is 45.1 Å². The number of nitrogens with zero attached hydrogens (tertiary/aromatic N) is 1. The molecule has 1 aromatic carbocycles. The molecule has 1 aromatic rings. The topological polar surface area (TPSA) is 41.6 Å². The van der Waals surface area contributed by atoms with Crippen LogP contribution in [0.5, 0.6) is 0 Å².